The highest BCUT2D eigenvalue weighted by molar-refractivity contribution is 7.99. The number of anilines is 1. The van der Waals surface area contributed by atoms with Gasteiger partial charge in [0.25, 0.3) is 0 Å². The zero-order chi connectivity index (χ0) is 40.0. The van der Waals surface area contributed by atoms with E-state index in [1.54, 1.807) is 13.8 Å². The molecular weight excluding hydrogens is 795 g/mol. The van der Waals surface area contributed by atoms with Crippen molar-refractivity contribution in [2.45, 2.75) is 70.4 Å². The lowest BCUT2D eigenvalue weighted by atomic mass is 9.87. The Kier molecular flexibility index (Phi) is 15.5. The van der Waals surface area contributed by atoms with E-state index in [-0.39, 0.29) is 35.9 Å². The highest BCUT2D eigenvalue weighted by Gasteiger charge is 2.50. The largest absolute Gasteiger partial charge is 0.481 e. The Morgan fingerprint density at radius 2 is 1.72 bits per heavy atom. The monoisotopic (exact) mass is 839 g/mol. The number of nitrogens with one attached hydrogen (secondary N) is 2. The molecule has 1 fully saturated rings. The van der Waals surface area contributed by atoms with Crippen LogP contribution in [-0.4, -0.2) is 134 Å². The second-order valence-corrected chi connectivity index (χ2v) is 18.3. The van der Waals surface area contributed by atoms with E-state index in [0.29, 0.717) is 18.1 Å². The van der Waals surface area contributed by atoms with E-state index in [9.17, 15) is 58.2 Å². The Balaban J connectivity index is 1.52. The number of phosphoric ester groups is 3. The molecule has 302 valence electrons. The van der Waals surface area contributed by atoms with E-state index in [4.69, 9.17) is 19.5 Å². The summed E-state index contributed by atoms with van der Waals surface area (Å²) in [6, 6.07) is 0. The number of rotatable bonds is 21. The summed E-state index contributed by atoms with van der Waals surface area (Å²) in [7, 11) is -16.4. The van der Waals surface area contributed by atoms with E-state index >= 15 is 0 Å². The normalized spacial score (nSPS) is 22.6. The number of nitrogen functional groups attached to an aromatic ring is 1. The molecule has 0 spiro atoms. The van der Waals surface area contributed by atoms with Crippen molar-refractivity contribution in [2.75, 3.05) is 43.5 Å². The number of thioether (sulfide) groups is 1. The maximum absolute atomic E-state index is 12.6. The standard InChI is InChI=1S/C25H44N7O17P3S/c1-24(2,19(35)22(36)28-6-5-15(33)27-7-8-53-11-25(3,4)37)10-46-52(43,44)49-51(41,42)45-9-14-18(48-50(38,39)40)17(34)23(47-14)32-13-31-16-20(26)29-12-30-21(16)32/h12-14,17-19,23,34-35,37H,5-11H2,1-4H3,(H,27,33)(H,28,36)(H,41,42)(H,43,44)(H2,26,29,30)(H2,38,39,40)/t14-,17-,18-,19+,23-/m1/s1. The number of amides is 2. The van der Waals surface area contributed by atoms with E-state index in [1.807, 2.05) is 0 Å². The second kappa shape index (κ2) is 18.2. The first-order valence-electron chi connectivity index (χ1n) is 15.5. The van der Waals surface area contributed by atoms with Crippen molar-refractivity contribution in [2.24, 2.45) is 5.41 Å². The molecule has 2 amide bonds. The Labute approximate surface area is 306 Å². The Morgan fingerprint density at radius 1 is 1.06 bits per heavy atom. The summed E-state index contributed by atoms with van der Waals surface area (Å²) < 4.78 is 62.0. The summed E-state index contributed by atoms with van der Waals surface area (Å²) in [5.74, 6) is -0.350. The third-order valence-corrected chi connectivity index (χ3v) is 11.6. The van der Waals surface area contributed by atoms with Crippen LogP contribution in [0.2, 0.25) is 0 Å². The summed E-state index contributed by atoms with van der Waals surface area (Å²) in [6.45, 7) is 4.01. The number of phosphoric acid groups is 3. The molecule has 0 saturated carbocycles. The molecule has 24 nitrogen and oxygen atoms in total. The maximum Gasteiger partial charge on any atom is 0.481 e. The number of nitrogens with two attached hydrogens (primary N) is 1. The van der Waals surface area contributed by atoms with Crippen molar-refractivity contribution >= 4 is 64.0 Å². The van der Waals surface area contributed by atoms with Gasteiger partial charge in [-0.25, -0.2) is 28.6 Å². The number of hydrogen-bond acceptors (Lipinski definition) is 18. The van der Waals surface area contributed by atoms with Gasteiger partial charge in [-0.2, -0.15) is 16.1 Å². The molecule has 7 atom stereocenters. The molecule has 1 aliphatic heterocycles. The molecule has 1 saturated heterocycles. The molecule has 53 heavy (non-hydrogen) atoms. The average Bonchev–Trinajstić information content (AvgIpc) is 3.58. The lowest BCUT2D eigenvalue weighted by molar-refractivity contribution is -0.137. The first-order chi connectivity index (χ1) is 24.3. The number of hydrogen-bond donors (Lipinski definition) is 10. The molecule has 0 bridgehead atoms. The molecule has 3 heterocycles. The fraction of sp³-hybridized carbons (Fsp3) is 0.720. The molecule has 0 radical (unpaired) electrons. The molecule has 3 rings (SSSR count). The van der Waals surface area contributed by atoms with Gasteiger partial charge in [-0.05, 0) is 13.8 Å². The Bertz CT molecular complexity index is 1720. The van der Waals surface area contributed by atoms with Crippen LogP contribution in [0.3, 0.4) is 0 Å². The van der Waals surface area contributed by atoms with E-state index in [1.165, 1.54) is 25.6 Å². The second-order valence-electron chi connectivity index (χ2n) is 12.9. The molecule has 1 aliphatic rings. The van der Waals surface area contributed by atoms with Gasteiger partial charge in [0, 0.05) is 36.4 Å². The zero-order valence-corrected chi connectivity index (χ0v) is 32.3. The predicted octanol–water partition coefficient (Wildman–Crippen LogP) is -1.09. The lowest BCUT2D eigenvalue weighted by Crippen LogP contribution is -2.46. The minimum absolute atomic E-state index is 0.0336. The van der Waals surface area contributed by atoms with Crippen LogP contribution in [0, 0.1) is 5.41 Å². The van der Waals surface area contributed by atoms with Crippen molar-refractivity contribution in [3.63, 3.8) is 0 Å². The van der Waals surface area contributed by atoms with Crippen LogP contribution in [-0.2, 0) is 45.9 Å². The number of aromatic nitrogens is 4. The first kappa shape index (κ1) is 45.2. The molecule has 2 unspecified atom stereocenters. The number of nitrogens with zero attached hydrogens (tertiary/aromatic N) is 4. The van der Waals surface area contributed by atoms with Crippen molar-refractivity contribution < 1.29 is 80.8 Å². The van der Waals surface area contributed by atoms with Gasteiger partial charge in [0.05, 0.1) is 25.1 Å². The van der Waals surface area contributed by atoms with Gasteiger partial charge >= 0.3 is 23.5 Å². The van der Waals surface area contributed by atoms with Crippen LogP contribution in [0.25, 0.3) is 11.2 Å². The molecule has 28 heteroatoms. The van der Waals surface area contributed by atoms with Gasteiger partial charge in [-0.1, -0.05) is 13.8 Å². The van der Waals surface area contributed by atoms with Crippen molar-refractivity contribution in [1.29, 1.82) is 0 Å². The van der Waals surface area contributed by atoms with Gasteiger partial charge in [0.2, 0.25) is 11.8 Å². The number of carbonyl (C=O) groups excluding carboxylic acids is 2. The number of aliphatic hydroxyl groups excluding tert-OH is 2. The Hall–Kier alpha value is -2.15. The molecule has 0 aliphatic carbocycles. The van der Waals surface area contributed by atoms with Gasteiger partial charge in [0.1, 0.15) is 36.3 Å². The number of fused-ring (bicyclic) bond motifs is 1. The molecule has 2 aromatic rings. The highest BCUT2D eigenvalue weighted by atomic mass is 32.2. The SMILES string of the molecule is CC(C)(O)CSCCNC(=O)CCNC(=O)[C@H](O)C(C)(C)COP(=O)(O)OP(=O)(O)OC[C@H]1O[C@@H](n2cnc3c(N)ncnc32)[C@H](O)[C@@H]1OP(=O)(O)O. The Morgan fingerprint density at radius 3 is 2.36 bits per heavy atom. The van der Waals surface area contributed by atoms with Gasteiger partial charge in [-0.15, -0.1) is 0 Å². The minimum Gasteiger partial charge on any atom is -0.390 e. The molecule has 0 aromatic carbocycles. The summed E-state index contributed by atoms with van der Waals surface area (Å²) in [5.41, 5.74) is 3.44. The molecular formula is C25H44N7O17P3S. The van der Waals surface area contributed by atoms with E-state index in [2.05, 4.69) is 34.4 Å². The number of aliphatic hydroxyl groups is 3. The van der Waals surface area contributed by atoms with Crippen LogP contribution in [0.5, 0.6) is 0 Å². The topological polar surface area (TPSA) is 367 Å². The van der Waals surface area contributed by atoms with Crippen molar-refractivity contribution in [3.05, 3.63) is 12.7 Å². The fourth-order valence-electron chi connectivity index (χ4n) is 4.52. The summed E-state index contributed by atoms with van der Waals surface area (Å²) in [6.07, 6.45) is -6.82. The third kappa shape index (κ3) is 14.1. The third-order valence-electron chi connectivity index (χ3n) is 7.10. The maximum atomic E-state index is 12.6. The summed E-state index contributed by atoms with van der Waals surface area (Å²) in [5, 5.41) is 36.1. The van der Waals surface area contributed by atoms with Crippen LogP contribution < -0.4 is 16.4 Å². The van der Waals surface area contributed by atoms with Crippen LogP contribution in [0.4, 0.5) is 5.82 Å². The highest BCUT2D eigenvalue weighted by Crippen LogP contribution is 2.61. The fourth-order valence-corrected chi connectivity index (χ4v) is 8.24. The molecule has 11 N–H and O–H groups in total. The van der Waals surface area contributed by atoms with E-state index < -0.39 is 84.2 Å². The quantitative estimate of drug-likeness (QED) is 0.0527. The smallest absolute Gasteiger partial charge is 0.390 e. The number of ether oxygens (including phenoxy) is 1. The summed E-state index contributed by atoms with van der Waals surface area (Å²) in [4.78, 5) is 75.3. The minimum atomic E-state index is -5.56. The number of carbonyl (C=O) groups is 2. The van der Waals surface area contributed by atoms with Gasteiger partial charge < -0.3 is 56.0 Å². The van der Waals surface area contributed by atoms with Gasteiger partial charge in [0.15, 0.2) is 17.7 Å². The van der Waals surface area contributed by atoms with Crippen molar-refractivity contribution in [3.8, 4) is 0 Å². The zero-order valence-electron chi connectivity index (χ0n) is 28.8. The van der Waals surface area contributed by atoms with E-state index in [0.717, 1.165) is 17.2 Å². The predicted molar refractivity (Wildman–Crippen MR) is 183 cm³/mol. The summed E-state index contributed by atoms with van der Waals surface area (Å²) >= 11 is 1.44. The lowest BCUT2D eigenvalue weighted by Gasteiger charge is -2.30. The van der Waals surface area contributed by atoms with Crippen LogP contribution in [0.15, 0.2) is 12.7 Å². The van der Waals surface area contributed by atoms with Crippen molar-refractivity contribution in [1.82, 2.24) is 30.2 Å². The molecule has 2 aromatic heterocycles. The average molecular weight is 840 g/mol. The number of imidazole rings is 1. The van der Waals surface area contributed by atoms with Gasteiger partial charge in [-0.3, -0.25) is 27.7 Å². The van der Waals surface area contributed by atoms with Crippen LogP contribution in [0.1, 0.15) is 40.3 Å². The van der Waals surface area contributed by atoms with Crippen LogP contribution >= 0.6 is 35.2 Å². The first-order valence-corrected chi connectivity index (χ1v) is 21.2.